The lowest BCUT2D eigenvalue weighted by Crippen LogP contribution is -2.35. The normalized spacial score (nSPS) is 17.5. The van der Waals surface area contributed by atoms with Crippen molar-refractivity contribution >= 4 is 18.3 Å². The topological polar surface area (TPSA) is 43.7 Å². The van der Waals surface area contributed by atoms with Gasteiger partial charge in [-0.05, 0) is 35.0 Å². The fourth-order valence-corrected chi connectivity index (χ4v) is 3.13. The van der Waals surface area contributed by atoms with Crippen molar-refractivity contribution in [1.82, 2.24) is 0 Å². The van der Waals surface area contributed by atoms with Crippen LogP contribution < -0.4 is 10.4 Å². The summed E-state index contributed by atoms with van der Waals surface area (Å²) in [7, 11) is -1.41. The minimum atomic E-state index is -1.41. The van der Waals surface area contributed by atoms with Gasteiger partial charge in [0.05, 0.1) is 0 Å². The second-order valence-corrected chi connectivity index (χ2v) is 5.94. The van der Waals surface area contributed by atoms with E-state index in [2.05, 4.69) is 36.1 Å². The standard InChI is InChI=1S/C17H20BNO2/c1-13-9-15-6-2-3-8-17(15)19(11-13)12-14-5-4-7-16(10-14)18(20)21/h2-8,10,13,20-21H,9,11-12H2,1H3. The van der Waals surface area contributed by atoms with Gasteiger partial charge in [-0.25, -0.2) is 0 Å². The summed E-state index contributed by atoms with van der Waals surface area (Å²) in [6.45, 7) is 4.10. The Bertz CT molecular complexity index is 630. The van der Waals surface area contributed by atoms with Gasteiger partial charge in [0.1, 0.15) is 0 Å². The van der Waals surface area contributed by atoms with Crippen LogP contribution in [0.25, 0.3) is 0 Å². The first-order valence-electron chi connectivity index (χ1n) is 7.41. The highest BCUT2D eigenvalue weighted by atomic mass is 16.4. The van der Waals surface area contributed by atoms with E-state index in [1.54, 1.807) is 6.07 Å². The average molecular weight is 281 g/mol. The van der Waals surface area contributed by atoms with Crippen molar-refractivity contribution in [2.45, 2.75) is 19.9 Å². The monoisotopic (exact) mass is 281 g/mol. The highest BCUT2D eigenvalue weighted by Gasteiger charge is 2.21. The van der Waals surface area contributed by atoms with E-state index >= 15 is 0 Å². The molecule has 0 bridgehead atoms. The second kappa shape index (κ2) is 5.92. The molecular formula is C17H20BNO2. The van der Waals surface area contributed by atoms with Crippen LogP contribution >= 0.6 is 0 Å². The third-order valence-electron chi connectivity index (χ3n) is 4.06. The number of hydrogen-bond donors (Lipinski definition) is 2. The summed E-state index contributed by atoms with van der Waals surface area (Å²) in [6.07, 6.45) is 1.13. The van der Waals surface area contributed by atoms with Gasteiger partial charge in [0.25, 0.3) is 0 Å². The van der Waals surface area contributed by atoms with Crippen LogP contribution in [0.3, 0.4) is 0 Å². The van der Waals surface area contributed by atoms with Crippen LogP contribution in [-0.4, -0.2) is 23.7 Å². The quantitative estimate of drug-likeness (QED) is 0.839. The summed E-state index contributed by atoms with van der Waals surface area (Å²) in [4.78, 5) is 2.38. The lowest BCUT2D eigenvalue weighted by molar-refractivity contribution is 0.425. The number of hydrogen-bond acceptors (Lipinski definition) is 3. The number of anilines is 1. The molecule has 0 fully saturated rings. The highest BCUT2D eigenvalue weighted by molar-refractivity contribution is 6.58. The zero-order valence-electron chi connectivity index (χ0n) is 12.2. The van der Waals surface area contributed by atoms with Crippen molar-refractivity contribution in [2.75, 3.05) is 11.4 Å². The molecule has 108 valence electrons. The van der Waals surface area contributed by atoms with Crippen molar-refractivity contribution in [1.29, 1.82) is 0 Å². The molecule has 0 saturated heterocycles. The number of fused-ring (bicyclic) bond motifs is 1. The van der Waals surface area contributed by atoms with Gasteiger partial charge in [0.15, 0.2) is 0 Å². The molecule has 4 heteroatoms. The number of benzene rings is 2. The van der Waals surface area contributed by atoms with Gasteiger partial charge < -0.3 is 14.9 Å². The molecule has 1 atom stereocenters. The summed E-state index contributed by atoms with van der Waals surface area (Å²) in [5.74, 6) is 0.631. The summed E-state index contributed by atoms with van der Waals surface area (Å²) in [5.41, 5.74) is 4.34. The molecule has 1 heterocycles. The van der Waals surface area contributed by atoms with E-state index in [0.29, 0.717) is 11.4 Å². The van der Waals surface area contributed by atoms with E-state index in [-0.39, 0.29) is 0 Å². The first-order chi connectivity index (χ1) is 10.1. The Morgan fingerprint density at radius 3 is 2.76 bits per heavy atom. The lowest BCUT2D eigenvalue weighted by Gasteiger charge is -2.35. The van der Waals surface area contributed by atoms with Crippen molar-refractivity contribution in [3.8, 4) is 0 Å². The Morgan fingerprint density at radius 2 is 1.95 bits per heavy atom. The number of para-hydroxylation sites is 1. The predicted octanol–water partition coefficient (Wildman–Crippen LogP) is 1.57. The third-order valence-corrected chi connectivity index (χ3v) is 4.06. The fraction of sp³-hybridized carbons (Fsp3) is 0.294. The molecule has 2 aromatic carbocycles. The molecule has 0 radical (unpaired) electrons. The fourth-order valence-electron chi connectivity index (χ4n) is 3.13. The van der Waals surface area contributed by atoms with E-state index in [4.69, 9.17) is 0 Å². The van der Waals surface area contributed by atoms with E-state index in [1.165, 1.54) is 11.3 Å². The molecule has 1 unspecified atom stereocenters. The van der Waals surface area contributed by atoms with Crippen molar-refractivity contribution < 1.29 is 10.0 Å². The van der Waals surface area contributed by atoms with Crippen molar-refractivity contribution in [2.24, 2.45) is 5.92 Å². The maximum Gasteiger partial charge on any atom is 0.488 e. The minimum Gasteiger partial charge on any atom is -0.423 e. The van der Waals surface area contributed by atoms with Crippen LogP contribution in [0.2, 0.25) is 0 Å². The second-order valence-electron chi connectivity index (χ2n) is 5.94. The molecule has 3 rings (SSSR count). The average Bonchev–Trinajstić information content (AvgIpc) is 2.47. The van der Waals surface area contributed by atoms with Gasteiger partial charge in [0, 0.05) is 18.8 Å². The Labute approximate surface area is 126 Å². The molecule has 2 N–H and O–H groups in total. The van der Waals surface area contributed by atoms with Crippen molar-refractivity contribution in [3.63, 3.8) is 0 Å². The van der Waals surface area contributed by atoms with E-state index in [9.17, 15) is 10.0 Å². The molecule has 0 aromatic heterocycles. The third kappa shape index (κ3) is 3.12. The van der Waals surface area contributed by atoms with Crippen LogP contribution in [0, 0.1) is 5.92 Å². The molecule has 3 nitrogen and oxygen atoms in total. The number of rotatable bonds is 3. The summed E-state index contributed by atoms with van der Waals surface area (Å²) < 4.78 is 0. The highest BCUT2D eigenvalue weighted by Crippen LogP contribution is 2.30. The van der Waals surface area contributed by atoms with Gasteiger partial charge in [0.2, 0.25) is 0 Å². The van der Waals surface area contributed by atoms with Crippen LogP contribution in [-0.2, 0) is 13.0 Å². The molecule has 0 spiro atoms. The van der Waals surface area contributed by atoms with Crippen LogP contribution in [0.1, 0.15) is 18.1 Å². The number of nitrogens with zero attached hydrogens (tertiary/aromatic N) is 1. The maximum atomic E-state index is 9.30. The SMILES string of the molecule is CC1Cc2ccccc2N(Cc2cccc(B(O)O)c2)C1. The lowest BCUT2D eigenvalue weighted by atomic mass is 9.79. The van der Waals surface area contributed by atoms with Gasteiger partial charge in [-0.3, -0.25) is 0 Å². The first kappa shape index (κ1) is 14.2. The Hall–Kier alpha value is -1.78. The summed E-state index contributed by atoms with van der Waals surface area (Å²) in [5, 5.41) is 18.6. The molecule has 0 saturated carbocycles. The van der Waals surface area contributed by atoms with Crippen molar-refractivity contribution in [3.05, 3.63) is 59.7 Å². The maximum absolute atomic E-state index is 9.30. The first-order valence-corrected chi connectivity index (χ1v) is 7.41. The summed E-state index contributed by atoms with van der Waals surface area (Å²) >= 11 is 0. The summed E-state index contributed by atoms with van der Waals surface area (Å²) in [6, 6.07) is 16.1. The molecule has 1 aliphatic rings. The predicted molar refractivity (Wildman–Crippen MR) is 86.6 cm³/mol. The smallest absolute Gasteiger partial charge is 0.423 e. The largest absolute Gasteiger partial charge is 0.488 e. The Balaban J connectivity index is 1.86. The van der Waals surface area contributed by atoms with E-state index in [0.717, 1.165) is 25.1 Å². The molecular weight excluding hydrogens is 261 g/mol. The zero-order chi connectivity index (χ0) is 14.8. The van der Waals surface area contributed by atoms with E-state index < -0.39 is 7.12 Å². The van der Waals surface area contributed by atoms with E-state index in [1.807, 2.05) is 18.2 Å². The van der Waals surface area contributed by atoms with Crippen LogP contribution in [0.4, 0.5) is 5.69 Å². The van der Waals surface area contributed by atoms with Gasteiger partial charge in [-0.1, -0.05) is 49.4 Å². The van der Waals surface area contributed by atoms with Gasteiger partial charge >= 0.3 is 7.12 Å². The van der Waals surface area contributed by atoms with Gasteiger partial charge in [-0.15, -0.1) is 0 Å². The zero-order valence-corrected chi connectivity index (χ0v) is 12.2. The Kier molecular flexibility index (Phi) is 4.00. The van der Waals surface area contributed by atoms with Crippen LogP contribution in [0.15, 0.2) is 48.5 Å². The molecule has 0 aliphatic carbocycles. The molecule has 2 aromatic rings. The molecule has 0 amide bonds. The molecule has 21 heavy (non-hydrogen) atoms. The van der Waals surface area contributed by atoms with Gasteiger partial charge in [-0.2, -0.15) is 0 Å². The Morgan fingerprint density at radius 1 is 1.14 bits per heavy atom. The minimum absolute atomic E-state index is 0.547. The molecule has 1 aliphatic heterocycles. The van der Waals surface area contributed by atoms with Crippen LogP contribution in [0.5, 0.6) is 0 Å².